The number of carbonyl (C=O) groups is 1. The largest absolute Gasteiger partial charge is 0.496 e. The van der Waals surface area contributed by atoms with Crippen LogP contribution in [0.25, 0.3) is 11.1 Å². The predicted octanol–water partition coefficient (Wildman–Crippen LogP) is 3.01. The molecule has 1 amide bonds. The van der Waals surface area contributed by atoms with Gasteiger partial charge in [-0.2, -0.15) is 5.06 Å². The lowest BCUT2D eigenvalue weighted by molar-refractivity contribution is -0.183. The van der Waals surface area contributed by atoms with Crippen LogP contribution in [-0.2, 0) is 29.4 Å². The number of hydrogen-bond donors (Lipinski definition) is 5. The Morgan fingerprint density at radius 2 is 1.83 bits per heavy atom. The van der Waals surface area contributed by atoms with Gasteiger partial charge in [0.1, 0.15) is 17.9 Å². The first kappa shape index (κ1) is 30.9. The Kier molecular flexibility index (Phi) is 9.00. The molecule has 230 valence electrons. The van der Waals surface area contributed by atoms with E-state index in [1.165, 1.54) is 6.42 Å². The lowest BCUT2D eigenvalue weighted by atomic mass is 9.45. The molecule has 4 fully saturated rings. The van der Waals surface area contributed by atoms with Crippen molar-refractivity contribution in [2.24, 2.45) is 29.1 Å². The van der Waals surface area contributed by atoms with Gasteiger partial charge >= 0.3 is 0 Å². The number of rotatable bonds is 10. The highest BCUT2D eigenvalue weighted by Gasteiger charge is 2.57. The summed E-state index contributed by atoms with van der Waals surface area (Å²) in [5.74, 6) is 1.24. The van der Waals surface area contributed by atoms with Crippen LogP contribution in [0.5, 0.6) is 5.75 Å². The van der Waals surface area contributed by atoms with Crippen molar-refractivity contribution in [2.45, 2.75) is 84.6 Å². The monoisotopic (exact) mass is 582 g/mol. The molecular formula is C33H46N2O7. The SMILES string of the molecule is COc1c(CN2O[C@@H](CO)[C@H]([C@H](C)O)[C@H]2C(=O)NC2CC3C[C@@H]([C@@H]2C)C3(C)C)cccc1-c1cc(CO)cc(CO)c1. The molecule has 1 heterocycles. The van der Waals surface area contributed by atoms with Crippen LogP contribution >= 0.6 is 0 Å². The van der Waals surface area contributed by atoms with Gasteiger partial charge in [0.05, 0.1) is 39.6 Å². The zero-order chi connectivity index (χ0) is 30.3. The molecule has 4 aliphatic rings. The lowest BCUT2D eigenvalue weighted by Gasteiger charge is -2.62. The molecular weight excluding hydrogens is 536 g/mol. The molecule has 1 saturated heterocycles. The Balaban J connectivity index is 1.44. The highest BCUT2D eigenvalue weighted by molar-refractivity contribution is 5.83. The number of ether oxygens (including phenoxy) is 1. The molecule has 0 spiro atoms. The van der Waals surface area contributed by atoms with Gasteiger partial charge in [0, 0.05) is 23.1 Å². The van der Waals surface area contributed by atoms with E-state index >= 15 is 0 Å². The van der Waals surface area contributed by atoms with Crippen molar-refractivity contribution >= 4 is 5.91 Å². The van der Waals surface area contributed by atoms with E-state index in [1.54, 1.807) is 25.2 Å². The highest BCUT2D eigenvalue weighted by Crippen LogP contribution is 2.61. The number of fused-ring (bicyclic) bond motifs is 2. The second-order valence-electron chi connectivity index (χ2n) is 13.1. The van der Waals surface area contributed by atoms with Gasteiger partial charge in [-0.25, -0.2) is 0 Å². The number of methoxy groups -OCH3 is 1. The third-order valence-electron chi connectivity index (χ3n) is 10.4. The summed E-state index contributed by atoms with van der Waals surface area (Å²) in [6, 6.07) is 10.4. The molecule has 2 unspecified atom stereocenters. The van der Waals surface area contributed by atoms with Crippen molar-refractivity contribution in [2.75, 3.05) is 13.7 Å². The number of nitrogens with one attached hydrogen (secondary N) is 1. The minimum absolute atomic E-state index is 0.0522. The van der Waals surface area contributed by atoms with E-state index in [0.717, 1.165) is 23.1 Å². The molecule has 2 aromatic rings. The minimum Gasteiger partial charge on any atom is -0.496 e. The number of benzene rings is 2. The molecule has 0 radical (unpaired) electrons. The maximum atomic E-state index is 14.0. The molecule has 1 aliphatic heterocycles. The fraction of sp³-hybridized carbons (Fsp3) is 0.606. The summed E-state index contributed by atoms with van der Waals surface area (Å²) in [7, 11) is 1.58. The summed E-state index contributed by atoms with van der Waals surface area (Å²) in [5, 5.41) is 45.3. The molecule has 3 saturated carbocycles. The number of aliphatic hydroxyl groups excluding tert-OH is 4. The van der Waals surface area contributed by atoms with E-state index in [1.807, 2.05) is 30.3 Å². The minimum atomic E-state index is -0.884. The summed E-state index contributed by atoms with van der Waals surface area (Å²) in [6.07, 6.45) is 0.523. The summed E-state index contributed by atoms with van der Waals surface area (Å²) >= 11 is 0. The van der Waals surface area contributed by atoms with Gasteiger partial charge in [0.25, 0.3) is 0 Å². The van der Waals surface area contributed by atoms with Gasteiger partial charge in [-0.15, -0.1) is 0 Å². The summed E-state index contributed by atoms with van der Waals surface area (Å²) in [6.45, 7) is 8.04. The van der Waals surface area contributed by atoms with Crippen LogP contribution < -0.4 is 10.1 Å². The average Bonchev–Trinajstić information content (AvgIpc) is 3.36. The number of para-hydroxylation sites is 1. The van der Waals surface area contributed by atoms with Crippen molar-refractivity contribution < 1.29 is 34.8 Å². The molecule has 2 aromatic carbocycles. The first-order valence-electron chi connectivity index (χ1n) is 15.1. The second kappa shape index (κ2) is 12.2. The van der Waals surface area contributed by atoms with Crippen LogP contribution in [0.4, 0.5) is 0 Å². The van der Waals surface area contributed by atoms with Crippen LogP contribution in [0.1, 0.15) is 57.2 Å². The zero-order valence-electron chi connectivity index (χ0n) is 25.3. The van der Waals surface area contributed by atoms with Crippen LogP contribution in [0.2, 0.25) is 0 Å². The summed E-state index contributed by atoms with van der Waals surface area (Å²) < 4.78 is 5.88. The molecule has 5 N–H and O–H groups in total. The smallest absolute Gasteiger partial charge is 0.240 e. The maximum absolute atomic E-state index is 14.0. The average molecular weight is 583 g/mol. The fourth-order valence-electron chi connectivity index (χ4n) is 7.93. The van der Waals surface area contributed by atoms with Crippen LogP contribution in [0.3, 0.4) is 0 Å². The van der Waals surface area contributed by atoms with E-state index in [0.29, 0.717) is 40.0 Å². The summed E-state index contributed by atoms with van der Waals surface area (Å²) in [5.41, 5.74) is 3.94. The Morgan fingerprint density at radius 1 is 1.14 bits per heavy atom. The number of aliphatic hydroxyl groups is 4. The molecule has 3 aliphatic carbocycles. The van der Waals surface area contributed by atoms with Crippen molar-refractivity contribution in [3.05, 3.63) is 53.1 Å². The summed E-state index contributed by atoms with van der Waals surface area (Å²) in [4.78, 5) is 20.2. The van der Waals surface area contributed by atoms with Crippen LogP contribution in [0, 0.1) is 29.1 Å². The van der Waals surface area contributed by atoms with Crippen molar-refractivity contribution in [3.8, 4) is 16.9 Å². The van der Waals surface area contributed by atoms with E-state index in [4.69, 9.17) is 9.57 Å². The van der Waals surface area contributed by atoms with E-state index in [9.17, 15) is 25.2 Å². The van der Waals surface area contributed by atoms with Gasteiger partial charge in [-0.3, -0.25) is 9.63 Å². The van der Waals surface area contributed by atoms with E-state index < -0.39 is 24.2 Å². The lowest BCUT2D eigenvalue weighted by Crippen LogP contribution is -2.62. The maximum Gasteiger partial charge on any atom is 0.240 e. The topological polar surface area (TPSA) is 132 Å². The number of nitrogens with zero attached hydrogens (tertiary/aromatic N) is 1. The molecule has 8 atom stereocenters. The second-order valence-corrected chi connectivity index (χ2v) is 13.1. The third kappa shape index (κ3) is 5.47. The highest BCUT2D eigenvalue weighted by atomic mass is 16.7. The Morgan fingerprint density at radius 3 is 2.38 bits per heavy atom. The molecule has 9 nitrogen and oxygen atoms in total. The molecule has 2 bridgehead atoms. The van der Waals surface area contributed by atoms with Gasteiger partial charge in [-0.05, 0) is 71.8 Å². The predicted molar refractivity (Wildman–Crippen MR) is 158 cm³/mol. The normalized spacial score (nSPS) is 30.9. The zero-order valence-corrected chi connectivity index (χ0v) is 25.3. The van der Waals surface area contributed by atoms with Crippen molar-refractivity contribution in [3.63, 3.8) is 0 Å². The Labute approximate surface area is 248 Å². The number of amides is 1. The third-order valence-corrected chi connectivity index (χ3v) is 10.4. The number of hydrogen-bond acceptors (Lipinski definition) is 8. The standard InChI is InChI=1S/C33H46N2O7/c1-18-26-12-24(33(26,3)4)13-27(18)34-32(40)30-29(19(2)39)28(17-38)42-35(30)14-22-7-6-8-25(31(22)41-5)23-10-20(15-36)9-21(11-23)16-37/h6-11,18-19,24,26-30,36-39H,12-17H2,1-5H3,(H,34,40)/t18-,19-,24?,26-,27?,28-,29-,30-/m0/s1. The van der Waals surface area contributed by atoms with E-state index in [2.05, 4.69) is 26.1 Å². The molecule has 42 heavy (non-hydrogen) atoms. The van der Waals surface area contributed by atoms with Crippen molar-refractivity contribution in [1.82, 2.24) is 10.4 Å². The Bertz CT molecular complexity index is 1260. The Hall–Kier alpha value is -2.53. The van der Waals surface area contributed by atoms with Crippen LogP contribution in [-0.4, -0.2) is 69.4 Å². The first-order chi connectivity index (χ1) is 20.0. The molecule has 9 heteroatoms. The number of carbonyl (C=O) groups excluding carboxylic acids is 1. The van der Waals surface area contributed by atoms with Gasteiger partial charge in [0.15, 0.2) is 0 Å². The fourth-order valence-corrected chi connectivity index (χ4v) is 7.93. The van der Waals surface area contributed by atoms with Crippen LogP contribution in [0.15, 0.2) is 36.4 Å². The first-order valence-corrected chi connectivity index (χ1v) is 15.1. The van der Waals surface area contributed by atoms with Gasteiger partial charge in [0.2, 0.25) is 5.91 Å². The van der Waals surface area contributed by atoms with Crippen molar-refractivity contribution in [1.29, 1.82) is 0 Å². The molecule has 6 rings (SSSR count). The quantitative estimate of drug-likeness (QED) is 0.289. The van der Waals surface area contributed by atoms with E-state index in [-0.39, 0.29) is 38.3 Å². The molecule has 0 aromatic heterocycles. The van der Waals surface area contributed by atoms with Gasteiger partial charge < -0.3 is 30.5 Å². The number of hydroxylamine groups is 2. The van der Waals surface area contributed by atoms with Gasteiger partial charge in [-0.1, -0.05) is 45.0 Å².